The fourth-order valence-corrected chi connectivity index (χ4v) is 4.54. The largest absolute Gasteiger partial charge is 0.497 e. The van der Waals surface area contributed by atoms with Gasteiger partial charge in [0.05, 0.1) is 55.4 Å². The van der Waals surface area contributed by atoms with E-state index in [1.807, 2.05) is 11.9 Å². The molecule has 0 bridgehead atoms. The van der Waals surface area contributed by atoms with Crippen molar-refractivity contribution in [1.82, 2.24) is 19.6 Å². The second-order valence-corrected chi connectivity index (χ2v) is 9.17. The van der Waals surface area contributed by atoms with E-state index in [0.29, 0.717) is 70.7 Å². The molecule has 200 valence electrons. The molecule has 1 unspecified atom stereocenters. The van der Waals surface area contributed by atoms with Gasteiger partial charge in [-0.3, -0.25) is 4.79 Å². The lowest BCUT2D eigenvalue weighted by Gasteiger charge is -2.33. The number of hydrogen-bond donors (Lipinski definition) is 2. The Hall–Kier alpha value is -4.40. The Bertz CT molecular complexity index is 1660. The Kier molecular flexibility index (Phi) is 7.49. The number of ether oxygens (including phenoxy) is 2. The van der Waals surface area contributed by atoms with Crippen LogP contribution in [0.5, 0.6) is 5.75 Å². The Morgan fingerprint density at radius 1 is 1.21 bits per heavy atom. The number of anilines is 2. The number of methoxy groups -OCH3 is 1. The van der Waals surface area contributed by atoms with Gasteiger partial charge in [-0.1, -0.05) is 29.5 Å². The number of morpholine rings is 1. The molecule has 12 heteroatoms. The van der Waals surface area contributed by atoms with Crippen molar-refractivity contribution in [3.63, 3.8) is 0 Å². The van der Waals surface area contributed by atoms with Crippen molar-refractivity contribution in [3.05, 3.63) is 80.9 Å². The summed E-state index contributed by atoms with van der Waals surface area (Å²) in [4.78, 5) is 26.9. The first-order valence-electron chi connectivity index (χ1n) is 12.1. The van der Waals surface area contributed by atoms with Crippen LogP contribution in [0.4, 0.5) is 16.0 Å². The Labute approximate surface area is 228 Å². The molecule has 3 heterocycles. The molecule has 0 saturated carbocycles. The number of benzene rings is 2. The van der Waals surface area contributed by atoms with Crippen molar-refractivity contribution in [1.29, 1.82) is 0 Å². The molecule has 0 radical (unpaired) electrons. The lowest BCUT2D eigenvalue weighted by Crippen LogP contribution is -2.51. The highest BCUT2D eigenvalue weighted by atomic mass is 35.5. The zero-order valence-corrected chi connectivity index (χ0v) is 22.0. The van der Waals surface area contributed by atoms with Gasteiger partial charge in [-0.15, -0.1) is 0 Å². The van der Waals surface area contributed by atoms with Crippen LogP contribution in [-0.4, -0.2) is 53.0 Å². The van der Waals surface area contributed by atoms with Gasteiger partial charge >= 0.3 is 0 Å². The Morgan fingerprint density at radius 3 is 2.77 bits per heavy atom. The van der Waals surface area contributed by atoms with E-state index in [1.54, 1.807) is 28.9 Å². The minimum absolute atomic E-state index is 0.138. The number of rotatable bonds is 5. The fraction of sp³-hybridized carbons (Fsp3) is 0.259. The van der Waals surface area contributed by atoms with E-state index >= 15 is 0 Å². The van der Waals surface area contributed by atoms with Gasteiger partial charge < -0.3 is 25.5 Å². The third-order valence-corrected chi connectivity index (χ3v) is 6.49. The van der Waals surface area contributed by atoms with Crippen molar-refractivity contribution in [2.75, 3.05) is 49.5 Å². The van der Waals surface area contributed by atoms with Crippen LogP contribution in [0.15, 0.2) is 47.5 Å². The SMILES string of the molecule is COc1cc(F)cc(C#Cc2c(N)ncnc2NC(C)c2nc3cccc(Cl)c3c(=O)n2N2CCOCC2)c1. The van der Waals surface area contributed by atoms with Crippen LogP contribution in [0.25, 0.3) is 10.9 Å². The molecule has 1 saturated heterocycles. The average Bonchev–Trinajstić information content (AvgIpc) is 2.92. The molecule has 1 atom stereocenters. The Balaban J connectivity index is 1.56. The summed E-state index contributed by atoms with van der Waals surface area (Å²) in [6.07, 6.45) is 1.31. The fourth-order valence-electron chi connectivity index (χ4n) is 4.29. The zero-order chi connectivity index (χ0) is 27.5. The topological polar surface area (TPSA) is 120 Å². The van der Waals surface area contributed by atoms with Crippen molar-refractivity contribution in [2.45, 2.75) is 13.0 Å². The summed E-state index contributed by atoms with van der Waals surface area (Å²) in [5.41, 5.74) is 7.05. The lowest BCUT2D eigenvalue weighted by atomic mass is 10.1. The third-order valence-electron chi connectivity index (χ3n) is 6.18. The molecular weight excluding hydrogens is 525 g/mol. The third kappa shape index (κ3) is 5.43. The van der Waals surface area contributed by atoms with Gasteiger partial charge in [-0.2, -0.15) is 0 Å². The summed E-state index contributed by atoms with van der Waals surface area (Å²) < 4.78 is 26.1. The summed E-state index contributed by atoms with van der Waals surface area (Å²) in [6.45, 7) is 3.81. The van der Waals surface area contributed by atoms with Crippen LogP contribution in [0.3, 0.4) is 0 Å². The molecule has 1 aliphatic heterocycles. The van der Waals surface area contributed by atoms with Gasteiger partial charge in [0.25, 0.3) is 5.56 Å². The highest BCUT2D eigenvalue weighted by Crippen LogP contribution is 2.25. The Morgan fingerprint density at radius 2 is 2.00 bits per heavy atom. The summed E-state index contributed by atoms with van der Waals surface area (Å²) in [6, 6.07) is 8.80. The van der Waals surface area contributed by atoms with Crippen LogP contribution in [0, 0.1) is 17.7 Å². The smallest absolute Gasteiger partial charge is 0.281 e. The summed E-state index contributed by atoms with van der Waals surface area (Å²) in [7, 11) is 1.45. The highest BCUT2D eigenvalue weighted by molar-refractivity contribution is 6.35. The number of hydrogen-bond acceptors (Lipinski definition) is 9. The van der Waals surface area contributed by atoms with Gasteiger partial charge in [-0.25, -0.2) is 24.0 Å². The summed E-state index contributed by atoms with van der Waals surface area (Å²) in [5, 5.41) is 5.83. The molecular formula is C27H25ClFN7O3. The van der Waals surface area contributed by atoms with Gasteiger partial charge in [0.15, 0.2) is 5.82 Å². The molecule has 10 nitrogen and oxygen atoms in total. The molecule has 0 amide bonds. The minimum atomic E-state index is -0.520. The van der Waals surface area contributed by atoms with E-state index in [2.05, 4.69) is 27.1 Å². The monoisotopic (exact) mass is 549 g/mol. The normalized spacial score (nSPS) is 14.0. The van der Waals surface area contributed by atoms with Crippen molar-refractivity contribution in [2.24, 2.45) is 0 Å². The van der Waals surface area contributed by atoms with E-state index in [9.17, 15) is 9.18 Å². The highest BCUT2D eigenvalue weighted by Gasteiger charge is 2.24. The van der Waals surface area contributed by atoms with Crippen LogP contribution in [0.1, 0.15) is 29.9 Å². The standard InChI is InChI=1S/C27H25ClFN7O3/c1-16(26-34-22-5-3-4-21(28)23(22)27(37)36(26)35-8-10-39-11-9-35)33-25-20(24(30)31-15-32-25)7-6-17-12-18(29)14-19(13-17)38-2/h3-5,12-16H,8-11H2,1-2H3,(H3,30,31,32,33). The average molecular weight is 550 g/mol. The van der Waals surface area contributed by atoms with Gasteiger partial charge in [0.2, 0.25) is 0 Å². The molecule has 5 rings (SSSR count). The van der Waals surface area contributed by atoms with Crippen LogP contribution < -0.4 is 26.4 Å². The molecule has 0 aliphatic carbocycles. The molecule has 39 heavy (non-hydrogen) atoms. The maximum absolute atomic E-state index is 14.0. The predicted molar refractivity (Wildman–Crippen MR) is 147 cm³/mol. The van der Waals surface area contributed by atoms with E-state index in [0.717, 1.165) is 0 Å². The van der Waals surface area contributed by atoms with Crippen molar-refractivity contribution in [3.8, 4) is 17.6 Å². The van der Waals surface area contributed by atoms with E-state index in [4.69, 9.17) is 31.8 Å². The number of fused-ring (bicyclic) bond motifs is 1. The molecule has 3 N–H and O–H groups in total. The number of nitrogens with zero attached hydrogens (tertiary/aromatic N) is 5. The van der Waals surface area contributed by atoms with E-state index < -0.39 is 11.9 Å². The first-order chi connectivity index (χ1) is 18.9. The maximum Gasteiger partial charge on any atom is 0.281 e. The minimum Gasteiger partial charge on any atom is -0.497 e. The van der Waals surface area contributed by atoms with Crippen molar-refractivity contribution >= 4 is 34.1 Å². The number of halogens is 2. The van der Waals surface area contributed by atoms with E-state index in [1.165, 1.54) is 25.6 Å². The van der Waals surface area contributed by atoms with Gasteiger partial charge in [0.1, 0.15) is 35.1 Å². The van der Waals surface area contributed by atoms with Gasteiger partial charge in [-0.05, 0) is 31.2 Å². The number of nitrogens with one attached hydrogen (secondary N) is 1. The van der Waals surface area contributed by atoms with Crippen LogP contribution in [0.2, 0.25) is 5.02 Å². The molecule has 1 fully saturated rings. The first kappa shape index (κ1) is 26.2. The molecule has 2 aromatic heterocycles. The predicted octanol–water partition coefficient (Wildman–Crippen LogP) is 3.11. The molecule has 0 spiro atoms. The second kappa shape index (κ2) is 11.1. The zero-order valence-electron chi connectivity index (χ0n) is 21.2. The number of nitrogen functional groups attached to an aromatic ring is 1. The van der Waals surface area contributed by atoms with Crippen LogP contribution >= 0.6 is 11.6 Å². The number of aromatic nitrogens is 4. The summed E-state index contributed by atoms with van der Waals surface area (Å²) >= 11 is 6.40. The molecule has 4 aromatic rings. The molecule has 2 aromatic carbocycles. The van der Waals surface area contributed by atoms with Crippen molar-refractivity contribution < 1.29 is 13.9 Å². The number of nitrogens with two attached hydrogens (primary N) is 1. The van der Waals surface area contributed by atoms with E-state index in [-0.39, 0.29) is 11.4 Å². The van der Waals surface area contributed by atoms with Gasteiger partial charge in [0, 0.05) is 11.6 Å². The quantitative estimate of drug-likeness (QED) is 0.362. The second-order valence-electron chi connectivity index (χ2n) is 8.77. The first-order valence-corrected chi connectivity index (χ1v) is 12.5. The summed E-state index contributed by atoms with van der Waals surface area (Å²) in [5.74, 6) is 6.62. The maximum atomic E-state index is 14.0. The van der Waals surface area contributed by atoms with Crippen LogP contribution in [-0.2, 0) is 4.74 Å². The lowest BCUT2D eigenvalue weighted by molar-refractivity contribution is 0.110. The molecule has 1 aliphatic rings.